The molecule has 3 aliphatic carbocycles. The molecule has 0 aliphatic heterocycles. The zero-order valence-electron chi connectivity index (χ0n) is 18.5. The SMILES string of the molecule is CCCCC1C(C2CC[C@H]([C@H](C)CCC(=O)O)C2)CCC2CC(O)CC[C@@]21C. The van der Waals surface area contributed by atoms with Crippen LogP contribution in [0.25, 0.3) is 0 Å². The monoisotopic (exact) mass is 392 g/mol. The zero-order chi connectivity index (χ0) is 20.3. The van der Waals surface area contributed by atoms with Gasteiger partial charge in [0, 0.05) is 6.42 Å². The van der Waals surface area contributed by atoms with Gasteiger partial charge in [0.25, 0.3) is 0 Å². The highest BCUT2D eigenvalue weighted by Crippen LogP contribution is 2.60. The molecule has 0 spiro atoms. The molecule has 3 saturated carbocycles. The third-order valence-electron chi connectivity index (χ3n) is 9.32. The minimum absolute atomic E-state index is 0.0626. The Morgan fingerprint density at radius 2 is 1.93 bits per heavy atom. The summed E-state index contributed by atoms with van der Waals surface area (Å²) in [5.74, 6) is 3.90. The summed E-state index contributed by atoms with van der Waals surface area (Å²) >= 11 is 0. The minimum Gasteiger partial charge on any atom is -0.481 e. The summed E-state index contributed by atoms with van der Waals surface area (Å²) < 4.78 is 0. The summed E-state index contributed by atoms with van der Waals surface area (Å²) in [5, 5.41) is 19.3. The fourth-order valence-electron chi connectivity index (χ4n) is 7.49. The van der Waals surface area contributed by atoms with Crippen LogP contribution in [0.2, 0.25) is 0 Å². The predicted molar refractivity (Wildman–Crippen MR) is 114 cm³/mol. The number of unbranched alkanes of at least 4 members (excludes halogenated alkanes) is 1. The van der Waals surface area contributed by atoms with Crippen molar-refractivity contribution in [3.8, 4) is 0 Å². The van der Waals surface area contributed by atoms with Crippen molar-refractivity contribution in [3.05, 3.63) is 0 Å². The zero-order valence-corrected chi connectivity index (χ0v) is 18.5. The first-order valence-corrected chi connectivity index (χ1v) is 12.2. The summed E-state index contributed by atoms with van der Waals surface area (Å²) in [5.41, 5.74) is 0.435. The normalized spacial score (nSPS) is 42.1. The van der Waals surface area contributed by atoms with Gasteiger partial charge in [-0.25, -0.2) is 0 Å². The van der Waals surface area contributed by atoms with E-state index in [4.69, 9.17) is 5.11 Å². The van der Waals surface area contributed by atoms with E-state index in [1.54, 1.807) is 0 Å². The molecule has 0 bridgehead atoms. The number of aliphatic carboxylic acids is 1. The topological polar surface area (TPSA) is 57.5 Å². The molecule has 0 amide bonds. The van der Waals surface area contributed by atoms with Gasteiger partial charge in [-0.3, -0.25) is 4.79 Å². The van der Waals surface area contributed by atoms with Gasteiger partial charge in [0.05, 0.1) is 6.10 Å². The maximum atomic E-state index is 10.9. The molecule has 2 N–H and O–H groups in total. The third-order valence-corrected chi connectivity index (χ3v) is 9.32. The number of aliphatic hydroxyl groups is 1. The number of carbonyl (C=O) groups is 1. The smallest absolute Gasteiger partial charge is 0.303 e. The second kappa shape index (κ2) is 9.49. The van der Waals surface area contributed by atoms with E-state index in [9.17, 15) is 9.90 Å². The van der Waals surface area contributed by atoms with Crippen LogP contribution in [0, 0.1) is 40.9 Å². The molecule has 8 atom stereocenters. The van der Waals surface area contributed by atoms with E-state index >= 15 is 0 Å². The number of carboxylic acids is 1. The molecule has 162 valence electrons. The molecule has 3 nitrogen and oxygen atoms in total. The quantitative estimate of drug-likeness (QED) is 0.510. The lowest BCUT2D eigenvalue weighted by atomic mass is 9.49. The maximum Gasteiger partial charge on any atom is 0.303 e. The summed E-state index contributed by atoms with van der Waals surface area (Å²) in [7, 11) is 0. The first-order valence-electron chi connectivity index (χ1n) is 12.2. The van der Waals surface area contributed by atoms with Crippen LogP contribution in [-0.4, -0.2) is 22.3 Å². The molecule has 5 unspecified atom stereocenters. The number of carboxylic acid groups (broad SMARTS) is 1. The lowest BCUT2D eigenvalue weighted by Gasteiger charge is -2.56. The molecular formula is C25H44O3. The number of hydrogen-bond acceptors (Lipinski definition) is 2. The van der Waals surface area contributed by atoms with Crippen molar-refractivity contribution in [3.63, 3.8) is 0 Å². The molecule has 3 rings (SSSR count). The van der Waals surface area contributed by atoms with Crippen molar-refractivity contribution >= 4 is 5.97 Å². The van der Waals surface area contributed by atoms with Crippen LogP contribution >= 0.6 is 0 Å². The molecule has 28 heavy (non-hydrogen) atoms. The van der Waals surface area contributed by atoms with Crippen LogP contribution in [0.1, 0.15) is 104 Å². The molecule has 3 aliphatic rings. The number of aliphatic hydroxyl groups excluding tert-OH is 1. The molecule has 0 saturated heterocycles. The van der Waals surface area contributed by atoms with Crippen LogP contribution in [0.5, 0.6) is 0 Å². The minimum atomic E-state index is -0.647. The maximum absolute atomic E-state index is 10.9. The van der Waals surface area contributed by atoms with Gasteiger partial charge in [0.1, 0.15) is 0 Å². The molecule has 0 aromatic heterocycles. The van der Waals surface area contributed by atoms with E-state index in [0.717, 1.165) is 48.9 Å². The highest BCUT2D eigenvalue weighted by molar-refractivity contribution is 5.66. The number of rotatable bonds is 8. The van der Waals surface area contributed by atoms with Crippen molar-refractivity contribution in [1.82, 2.24) is 0 Å². The van der Waals surface area contributed by atoms with Crippen LogP contribution in [0.3, 0.4) is 0 Å². The third kappa shape index (κ3) is 4.77. The Bertz CT molecular complexity index is 518. The van der Waals surface area contributed by atoms with Crippen LogP contribution < -0.4 is 0 Å². The number of fused-ring (bicyclic) bond motifs is 1. The van der Waals surface area contributed by atoms with Crippen LogP contribution in [0.4, 0.5) is 0 Å². The van der Waals surface area contributed by atoms with E-state index in [1.807, 2.05) is 0 Å². The highest BCUT2D eigenvalue weighted by atomic mass is 16.4. The Morgan fingerprint density at radius 3 is 2.64 bits per heavy atom. The second-order valence-electron chi connectivity index (χ2n) is 10.9. The standard InChI is InChI=1S/C25H44O3/c1-4-5-6-23-22(11-10-20-16-21(26)13-14-25(20,23)3)19-9-8-18(15-19)17(2)7-12-24(27)28/h17-23,26H,4-16H2,1-3H3,(H,27,28)/t17-,18+,19?,20?,21?,22?,23?,25+/m1/s1. The average molecular weight is 393 g/mol. The van der Waals surface area contributed by atoms with Gasteiger partial charge in [0.2, 0.25) is 0 Å². The lowest BCUT2D eigenvalue weighted by Crippen LogP contribution is -2.49. The molecule has 3 fully saturated rings. The van der Waals surface area contributed by atoms with Gasteiger partial charge in [0.15, 0.2) is 0 Å². The first kappa shape index (κ1) is 22.1. The Hall–Kier alpha value is -0.570. The lowest BCUT2D eigenvalue weighted by molar-refractivity contribution is -0.137. The first-order chi connectivity index (χ1) is 13.3. The second-order valence-corrected chi connectivity index (χ2v) is 10.9. The summed E-state index contributed by atoms with van der Waals surface area (Å²) in [6.45, 7) is 7.17. The molecule has 0 aromatic carbocycles. The summed E-state index contributed by atoms with van der Waals surface area (Å²) in [6.07, 6.45) is 15.0. The van der Waals surface area contributed by atoms with E-state index in [2.05, 4.69) is 20.8 Å². The summed E-state index contributed by atoms with van der Waals surface area (Å²) in [6, 6.07) is 0. The number of hydrogen-bond donors (Lipinski definition) is 2. The van der Waals surface area contributed by atoms with Gasteiger partial charge in [-0.1, -0.05) is 33.6 Å². The Labute approximate surface area is 172 Å². The van der Waals surface area contributed by atoms with Gasteiger partial charge in [-0.15, -0.1) is 0 Å². The van der Waals surface area contributed by atoms with Gasteiger partial charge in [-0.05, 0) is 105 Å². The largest absolute Gasteiger partial charge is 0.481 e. The Balaban J connectivity index is 1.67. The van der Waals surface area contributed by atoms with E-state index in [0.29, 0.717) is 17.8 Å². The van der Waals surface area contributed by atoms with Gasteiger partial charge in [-0.2, -0.15) is 0 Å². The molecule has 0 aromatic rings. The van der Waals surface area contributed by atoms with E-state index in [-0.39, 0.29) is 6.10 Å². The fraction of sp³-hybridized carbons (Fsp3) is 0.960. The van der Waals surface area contributed by atoms with Crippen LogP contribution in [-0.2, 0) is 4.79 Å². The van der Waals surface area contributed by atoms with E-state index in [1.165, 1.54) is 57.8 Å². The van der Waals surface area contributed by atoms with E-state index < -0.39 is 5.97 Å². The van der Waals surface area contributed by atoms with Crippen molar-refractivity contribution < 1.29 is 15.0 Å². The predicted octanol–water partition coefficient (Wildman–Crippen LogP) is 6.29. The van der Waals surface area contributed by atoms with Crippen molar-refractivity contribution in [2.24, 2.45) is 40.9 Å². The Kier molecular flexibility index (Phi) is 7.50. The van der Waals surface area contributed by atoms with Crippen molar-refractivity contribution in [1.29, 1.82) is 0 Å². The average Bonchev–Trinajstić information content (AvgIpc) is 3.15. The highest BCUT2D eigenvalue weighted by Gasteiger charge is 2.52. The molecule has 0 radical (unpaired) electrons. The fourth-order valence-corrected chi connectivity index (χ4v) is 7.49. The van der Waals surface area contributed by atoms with Crippen molar-refractivity contribution in [2.45, 2.75) is 110 Å². The van der Waals surface area contributed by atoms with Gasteiger partial charge < -0.3 is 10.2 Å². The van der Waals surface area contributed by atoms with Crippen LogP contribution in [0.15, 0.2) is 0 Å². The molecular weight excluding hydrogens is 348 g/mol. The molecule has 3 heteroatoms. The van der Waals surface area contributed by atoms with Crippen molar-refractivity contribution in [2.75, 3.05) is 0 Å². The van der Waals surface area contributed by atoms with Gasteiger partial charge >= 0.3 is 5.97 Å². The molecule has 0 heterocycles. The summed E-state index contributed by atoms with van der Waals surface area (Å²) in [4.78, 5) is 10.9. The Morgan fingerprint density at radius 1 is 1.14 bits per heavy atom.